The van der Waals surface area contributed by atoms with Gasteiger partial charge in [-0.1, -0.05) is 18.2 Å². The summed E-state index contributed by atoms with van der Waals surface area (Å²) in [6, 6.07) is 8.85. The van der Waals surface area contributed by atoms with Crippen LogP contribution in [0.25, 0.3) is 0 Å². The molecule has 0 heterocycles. The maximum absolute atomic E-state index is 11.6. The standard InChI is InChI=1S/C14H22N2O3/c1-10(16-13(17)19-14(2,3)4)12(15)18-11-8-6-5-7-9-11/h5-10,12H,15H2,1-4H3,(H,16,17). The number of carbonyl (C=O) groups is 1. The highest BCUT2D eigenvalue weighted by molar-refractivity contribution is 5.68. The first-order valence-corrected chi connectivity index (χ1v) is 6.25. The Hall–Kier alpha value is -1.75. The molecule has 0 aliphatic carbocycles. The highest BCUT2D eigenvalue weighted by Crippen LogP contribution is 2.11. The molecular weight excluding hydrogens is 244 g/mol. The Bertz CT molecular complexity index is 401. The third-order valence-electron chi connectivity index (χ3n) is 2.25. The number of para-hydroxylation sites is 1. The van der Waals surface area contributed by atoms with Crippen molar-refractivity contribution in [3.05, 3.63) is 30.3 Å². The smallest absolute Gasteiger partial charge is 0.408 e. The summed E-state index contributed by atoms with van der Waals surface area (Å²) >= 11 is 0. The van der Waals surface area contributed by atoms with Crippen molar-refractivity contribution in [2.24, 2.45) is 5.73 Å². The van der Waals surface area contributed by atoms with Crippen LogP contribution in [-0.4, -0.2) is 24.0 Å². The van der Waals surface area contributed by atoms with Gasteiger partial charge in [-0.15, -0.1) is 0 Å². The quantitative estimate of drug-likeness (QED) is 0.820. The molecular formula is C14H22N2O3. The molecule has 1 aromatic carbocycles. The Kier molecular flexibility index (Phi) is 5.18. The van der Waals surface area contributed by atoms with E-state index in [4.69, 9.17) is 15.2 Å². The van der Waals surface area contributed by atoms with Crippen molar-refractivity contribution in [3.63, 3.8) is 0 Å². The van der Waals surface area contributed by atoms with Crippen LogP contribution < -0.4 is 15.8 Å². The van der Waals surface area contributed by atoms with Gasteiger partial charge in [0.2, 0.25) is 0 Å². The predicted octanol–water partition coefficient (Wildman–Crippen LogP) is 2.26. The minimum atomic E-state index is -0.644. The van der Waals surface area contributed by atoms with Gasteiger partial charge in [-0.25, -0.2) is 4.79 Å². The summed E-state index contributed by atoms with van der Waals surface area (Å²) in [6.07, 6.45) is -1.15. The number of benzene rings is 1. The van der Waals surface area contributed by atoms with Crippen molar-refractivity contribution >= 4 is 6.09 Å². The second kappa shape index (κ2) is 6.43. The molecule has 0 saturated heterocycles. The van der Waals surface area contributed by atoms with Gasteiger partial charge in [-0.2, -0.15) is 0 Å². The van der Waals surface area contributed by atoms with E-state index in [0.717, 1.165) is 0 Å². The van der Waals surface area contributed by atoms with Crippen molar-refractivity contribution in [2.45, 2.75) is 45.6 Å². The molecule has 0 aliphatic rings. The highest BCUT2D eigenvalue weighted by atomic mass is 16.6. The van der Waals surface area contributed by atoms with Crippen LogP contribution in [0.2, 0.25) is 0 Å². The van der Waals surface area contributed by atoms with Gasteiger partial charge in [-0.05, 0) is 39.8 Å². The number of rotatable bonds is 4. The van der Waals surface area contributed by atoms with E-state index in [9.17, 15) is 4.79 Å². The molecule has 0 aromatic heterocycles. The van der Waals surface area contributed by atoms with Gasteiger partial charge in [0.05, 0.1) is 6.04 Å². The summed E-state index contributed by atoms with van der Waals surface area (Å²) in [7, 11) is 0. The number of alkyl carbamates (subject to hydrolysis) is 1. The topological polar surface area (TPSA) is 73.6 Å². The number of hydrogen-bond donors (Lipinski definition) is 2. The van der Waals surface area contributed by atoms with Crippen LogP contribution in [0.5, 0.6) is 5.75 Å². The van der Waals surface area contributed by atoms with Gasteiger partial charge in [0.25, 0.3) is 0 Å². The van der Waals surface area contributed by atoms with Crippen molar-refractivity contribution in [3.8, 4) is 5.75 Å². The van der Waals surface area contributed by atoms with E-state index >= 15 is 0 Å². The fourth-order valence-electron chi connectivity index (χ4n) is 1.33. The van der Waals surface area contributed by atoms with Crippen LogP contribution in [0.15, 0.2) is 30.3 Å². The van der Waals surface area contributed by atoms with E-state index < -0.39 is 17.9 Å². The first-order chi connectivity index (χ1) is 8.78. The Balaban J connectivity index is 2.45. The molecule has 0 fully saturated rings. The van der Waals surface area contributed by atoms with Crippen LogP contribution in [0, 0.1) is 0 Å². The Labute approximate surface area is 114 Å². The number of amides is 1. The minimum absolute atomic E-state index is 0.366. The van der Waals surface area contributed by atoms with Crippen molar-refractivity contribution in [1.82, 2.24) is 5.32 Å². The molecule has 1 rings (SSSR count). The van der Waals surface area contributed by atoms with E-state index in [2.05, 4.69) is 5.32 Å². The number of nitrogens with two attached hydrogens (primary N) is 1. The molecule has 2 atom stereocenters. The molecule has 0 radical (unpaired) electrons. The molecule has 1 aromatic rings. The molecule has 0 spiro atoms. The van der Waals surface area contributed by atoms with E-state index in [0.29, 0.717) is 5.75 Å². The van der Waals surface area contributed by atoms with Crippen molar-refractivity contribution < 1.29 is 14.3 Å². The normalized spacial score (nSPS) is 14.4. The van der Waals surface area contributed by atoms with Crippen LogP contribution in [0.1, 0.15) is 27.7 Å². The maximum atomic E-state index is 11.6. The monoisotopic (exact) mass is 266 g/mol. The molecule has 106 valence electrons. The molecule has 0 bridgehead atoms. The number of carbonyl (C=O) groups excluding carboxylic acids is 1. The maximum Gasteiger partial charge on any atom is 0.408 e. The summed E-state index contributed by atoms with van der Waals surface area (Å²) < 4.78 is 10.7. The van der Waals surface area contributed by atoms with Crippen LogP contribution in [0.3, 0.4) is 0 Å². The first kappa shape index (κ1) is 15.3. The zero-order valence-electron chi connectivity index (χ0n) is 11.8. The Morgan fingerprint density at radius 2 is 1.84 bits per heavy atom. The zero-order valence-corrected chi connectivity index (χ0v) is 11.8. The van der Waals surface area contributed by atoms with Gasteiger partial charge < -0.3 is 14.8 Å². The molecule has 0 saturated carbocycles. The second-order valence-corrected chi connectivity index (χ2v) is 5.33. The number of hydrogen-bond acceptors (Lipinski definition) is 4. The van der Waals surface area contributed by atoms with Gasteiger partial charge >= 0.3 is 6.09 Å². The Morgan fingerprint density at radius 3 is 2.37 bits per heavy atom. The third kappa shape index (κ3) is 6.10. The molecule has 1 amide bonds. The van der Waals surface area contributed by atoms with E-state index in [1.807, 2.05) is 18.2 Å². The predicted molar refractivity (Wildman–Crippen MR) is 73.9 cm³/mol. The lowest BCUT2D eigenvalue weighted by Crippen LogP contribution is -2.50. The Morgan fingerprint density at radius 1 is 1.26 bits per heavy atom. The minimum Gasteiger partial charge on any atom is -0.473 e. The van der Waals surface area contributed by atoms with Gasteiger partial charge in [0.1, 0.15) is 11.4 Å². The average molecular weight is 266 g/mol. The molecule has 5 heteroatoms. The van der Waals surface area contributed by atoms with Crippen LogP contribution >= 0.6 is 0 Å². The zero-order chi connectivity index (χ0) is 14.5. The fraction of sp³-hybridized carbons (Fsp3) is 0.500. The summed E-state index contributed by atoms with van der Waals surface area (Å²) in [4.78, 5) is 11.6. The molecule has 19 heavy (non-hydrogen) atoms. The van der Waals surface area contributed by atoms with E-state index in [1.54, 1.807) is 39.8 Å². The number of nitrogens with one attached hydrogen (secondary N) is 1. The molecule has 2 unspecified atom stereocenters. The molecule has 5 nitrogen and oxygen atoms in total. The van der Waals surface area contributed by atoms with Crippen molar-refractivity contribution in [2.75, 3.05) is 0 Å². The summed E-state index contributed by atoms with van der Waals surface area (Å²) in [5.41, 5.74) is 5.34. The lowest BCUT2D eigenvalue weighted by molar-refractivity contribution is 0.0458. The van der Waals surface area contributed by atoms with Crippen molar-refractivity contribution in [1.29, 1.82) is 0 Å². The molecule has 3 N–H and O–H groups in total. The average Bonchev–Trinajstić information content (AvgIpc) is 2.27. The lowest BCUT2D eigenvalue weighted by Gasteiger charge is -2.25. The van der Waals surface area contributed by atoms with Gasteiger partial charge in [-0.3, -0.25) is 5.73 Å². The lowest BCUT2D eigenvalue weighted by atomic mass is 10.2. The van der Waals surface area contributed by atoms with E-state index in [1.165, 1.54) is 0 Å². The van der Waals surface area contributed by atoms with Gasteiger partial charge in [0, 0.05) is 0 Å². The highest BCUT2D eigenvalue weighted by Gasteiger charge is 2.21. The largest absolute Gasteiger partial charge is 0.473 e. The fourth-order valence-corrected chi connectivity index (χ4v) is 1.33. The number of ether oxygens (including phenoxy) is 2. The summed E-state index contributed by atoms with van der Waals surface area (Å²) in [5, 5.41) is 2.65. The third-order valence-corrected chi connectivity index (χ3v) is 2.25. The summed E-state index contributed by atoms with van der Waals surface area (Å²) in [5.74, 6) is 0.660. The molecule has 0 aliphatic heterocycles. The summed E-state index contributed by atoms with van der Waals surface area (Å²) in [6.45, 7) is 7.17. The SMILES string of the molecule is CC(NC(=O)OC(C)(C)C)C(N)Oc1ccccc1. The van der Waals surface area contributed by atoms with Gasteiger partial charge in [0.15, 0.2) is 6.23 Å². The first-order valence-electron chi connectivity index (χ1n) is 6.25. The van der Waals surface area contributed by atoms with Crippen LogP contribution in [-0.2, 0) is 4.74 Å². The van der Waals surface area contributed by atoms with E-state index in [-0.39, 0.29) is 6.04 Å². The van der Waals surface area contributed by atoms with Crippen LogP contribution in [0.4, 0.5) is 4.79 Å². The second-order valence-electron chi connectivity index (χ2n) is 5.33.